The Labute approximate surface area is 89.9 Å². The molecule has 0 radical (unpaired) electrons. The zero-order chi connectivity index (χ0) is 11.0. The molecule has 2 rings (SSSR count). The molecule has 1 aliphatic heterocycles. The third-order valence-electron chi connectivity index (χ3n) is 3.38. The number of anilines is 1. The van der Waals surface area contributed by atoms with Crippen LogP contribution in [0.3, 0.4) is 0 Å². The molecular formula is C12H17FN2. The molecule has 0 spiro atoms. The maximum atomic E-state index is 13.6. The summed E-state index contributed by atoms with van der Waals surface area (Å²) in [6, 6.07) is 5.63. The molecule has 15 heavy (non-hydrogen) atoms. The van der Waals surface area contributed by atoms with Crippen molar-refractivity contribution in [2.45, 2.75) is 19.4 Å². The summed E-state index contributed by atoms with van der Waals surface area (Å²) in [5, 5.41) is 0. The fourth-order valence-corrected chi connectivity index (χ4v) is 2.39. The van der Waals surface area contributed by atoms with E-state index >= 15 is 0 Å². The third-order valence-corrected chi connectivity index (χ3v) is 3.38. The summed E-state index contributed by atoms with van der Waals surface area (Å²) in [5.74, 6) is 0.267. The van der Waals surface area contributed by atoms with Crippen molar-refractivity contribution in [3.05, 3.63) is 29.6 Å². The first kappa shape index (κ1) is 10.4. The van der Waals surface area contributed by atoms with E-state index in [0.717, 1.165) is 17.7 Å². The van der Waals surface area contributed by atoms with Crippen LogP contribution in [0.1, 0.15) is 12.5 Å². The Hall–Kier alpha value is -1.09. The molecule has 0 aliphatic carbocycles. The van der Waals surface area contributed by atoms with Crippen LogP contribution in [0.5, 0.6) is 0 Å². The van der Waals surface area contributed by atoms with Crippen LogP contribution in [0.15, 0.2) is 18.2 Å². The number of hydrogen-bond acceptors (Lipinski definition) is 2. The van der Waals surface area contributed by atoms with E-state index in [9.17, 15) is 4.39 Å². The molecule has 0 fully saturated rings. The number of para-hydroxylation sites is 1. The quantitative estimate of drug-likeness (QED) is 0.802. The van der Waals surface area contributed by atoms with Gasteiger partial charge in [0.15, 0.2) is 0 Å². The maximum absolute atomic E-state index is 13.6. The molecule has 0 aromatic heterocycles. The second-order valence-electron chi connectivity index (χ2n) is 4.34. The molecule has 1 heterocycles. The molecule has 82 valence electrons. The normalized spacial score (nSPS) is 21.6. The summed E-state index contributed by atoms with van der Waals surface area (Å²) in [6.45, 7) is 2.76. The highest BCUT2D eigenvalue weighted by atomic mass is 19.1. The van der Waals surface area contributed by atoms with Crippen molar-refractivity contribution in [3.63, 3.8) is 0 Å². The van der Waals surface area contributed by atoms with Gasteiger partial charge in [-0.1, -0.05) is 19.1 Å². The van der Waals surface area contributed by atoms with Gasteiger partial charge in [0.25, 0.3) is 0 Å². The fraction of sp³-hybridized carbons (Fsp3) is 0.500. The first-order valence-corrected chi connectivity index (χ1v) is 5.35. The smallest absolute Gasteiger partial charge is 0.146 e. The summed E-state index contributed by atoms with van der Waals surface area (Å²) in [4.78, 5) is 2.03. The van der Waals surface area contributed by atoms with Crippen LogP contribution in [0.2, 0.25) is 0 Å². The minimum Gasteiger partial charge on any atom is -0.368 e. The van der Waals surface area contributed by atoms with Crippen LogP contribution in [-0.4, -0.2) is 19.6 Å². The number of rotatable bonds is 2. The van der Waals surface area contributed by atoms with Gasteiger partial charge in [-0.2, -0.15) is 0 Å². The van der Waals surface area contributed by atoms with Gasteiger partial charge in [0.2, 0.25) is 0 Å². The predicted molar refractivity (Wildman–Crippen MR) is 60.5 cm³/mol. The largest absolute Gasteiger partial charge is 0.368 e. The van der Waals surface area contributed by atoms with E-state index in [4.69, 9.17) is 5.73 Å². The van der Waals surface area contributed by atoms with E-state index in [1.165, 1.54) is 6.07 Å². The number of fused-ring (bicyclic) bond motifs is 1. The molecule has 0 saturated carbocycles. The topological polar surface area (TPSA) is 29.3 Å². The second kappa shape index (κ2) is 3.81. The number of halogens is 1. The Morgan fingerprint density at radius 1 is 1.60 bits per heavy atom. The lowest BCUT2D eigenvalue weighted by Gasteiger charge is -2.27. The zero-order valence-electron chi connectivity index (χ0n) is 9.20. The standard InChI is InChI=1S/C12H17FN2/c1-8(7-14)11-6-9-4-3-5-10(13)12(9)15(11)2/h3-5,8,11H,6-7,14H2,1-2H3. The molecule has 0 amide bonds. The highest BCUT2D eigenvalue weighted by molar-refractivity contribution is 5.59. The maximum Gasteiger partial charge on any atom is 0.146 e. The molecule has 0 bridgehead atoms. The monoisotopic (exact) mass is 208 g/mol. The Morgan fingerprint density at radius 2 is 2.33 bits per heavy atom. The van der Waals surface area contributed by atoms with Crippen molar-refractivity contribution in [2.24, 2.45) is 11.7 Å². The minimum absolute atomic E-state index is 0.123. The predicted octanol–water partition coefficient (Wildman–Crippen LogP) is 1.78. The number of nitrogens with two attached hydrogens (primary N) is 1. The molecule has 0 saturated heterocycles. The number of benzene rings is 1. The molecule has 2 nitrogen and oxygen atoms in total. The first-order chi connectivity index (χ1) is 7.15. The highest BCUT2D eigenvalue weighted by Crippen LogP contribution is 2.35. The zero-order valence-corrected chi connectivity index (χ0v) is 9.20. The van der Waals surface area contributed by atoms with Crippen molar-refractivity contribution in [1.29, 1.82) is 0 Å². The van der Waals surface area contributed by atoms with Gasteiger partial charge >= 0.3 is 0 Å². The number of nitrogens with zero attached hydrogens (tertiary/aromatic N) is 1. The lowest BCUT2D eigenvalue weighted by Crippen LogP contribution is -2.37. The van der Waals surface area contributed by atoms with E-state index < -0.39 is 0 Å². The van der Waals surface area contributed by atoms with Crippen LogP contribution in [0.4, 0.5) is 10.1 Å². The molecule has 1 aromatic rings. The molecular weight excluding hydrogens is 191 g/mol. The van der Waals surface area contributed by atoms with Gasteiger partial charge in [0, 0.05) is 13.1 Å². The lowest BCUT2D eigenvalue weighted by molar-refractivity contribution is 0.460. The van der Waals surface area contributed by atoms with Gasteiger partial charge in [-0.15, -0.1) is 0 Å². The summed E-state index contributed by atoms with van der Waals surface area (Å²) in [5.41, 5.74) is 7.52. The number of likely N-dealkylation sites (N-methyl/N-ethyl adjacent to an activating group) is 1. The van der Waals surface area contributed by atoms with Gasteiger partial charge < -0.3 is 10.6 Å². The first-order valence-electron chi connectivity index (χ1n) is 5.35. The Bertz CT molecular complexity index is 365. The number of hydrogen-bond donors (Lipinski definition) is 1. The third kappa shape index (κ3) is 1.61. The van der Waals surface area contributed by atoms with Crippen molar-refractivity contribution >= 4 is 5.69 Å². The molecule has 2 N–H and O–H groups in total. The fourth-order valence-electron chi connectivity index (χ4n) is 2.39. The van der Waals surface area contributed by atoms with Crippen LogP contribution >= 0.6 is 0 Å². The summed E-state index contributed by atoms with van der Waals surface area (Å²) < 4.78 is 13.6. The molecule has 2 unspecified atom stereocenters. The van der Waals surface area contributed by atoms with E-state index in [1.54, 1.807) is 6.07 Å². The van der Waals surface area contributed by atoms with Gasteiger partial charge in [0.1, 0.15) is 5.82 Å². The van der Waals surface area contributed by atoms with E-state index in [0.29, 0.717) is 18.5 Å². The van der Waals surface area contributed by atoms with Gasteiger partial charge in [-0.25, -0.2) is 4.39 Å². The van der Waals surface area contributed by atoms with E-state index in [-0.39, 0.29) is 5.82 Å². The van der Waals surface area contributed by atoms with Crippen molar-refractivity contribution in [2.75, 3.05) is 18.5 Å². The van der Waals surface area contributed by atoms with Gasteiger partial charge in [-0.05, 0) is 30.5 Å². The summed E-state index contributed by atoms with van der Waals surface area (Å²) >= 11 is 0. The molecule has 2 atom stereocenters. The molecule has 1 aromatic carbocycles. The Kier molecular flexibility index (Phi) is 2.65. The Balaban J connectivity index is 2.33. The summed E-state index contributed by atoms with van der Waals surface area (Å²) in [6.07, 6.45) is 0.905. The van der Waals surface area contributed by atoms with Crippen LogP contribution in [-0.2, 0) is 6.42 Å². The van der Waals surface area contributed by atoms with Gasteiger partial charge in [-0.3, -0.25) is 0 Å². The van der Waals surface area contributed by atoms with E-state index in [1.807, 2.05) is 18.0 Å². The van der Waals surface area contributed by atoms with Crippen LogP contribution in [0, 0.1) is 11.7 Å². The average Bonchev–Trinajstić information content (AvgIpc) is 2.56. The Morgan fingerprint density at radius 3 is 2.93 bits per heavy atom. The molecule has 1 aliphatic rings. The van der Waals surface area contributed by atoms with Crippen LogP contribution in [0.25, 0.3) is 0 Å². The van der Waals surface area contributed by atoms with Crippen molar-refractivity contribution in [3.8, 4) is 0 Å². The van der Waals surface area contributed by atoms with Crippen LogP contribution < -0.4 is 10.6 Å². The molecule has 3 heteroatoms. The highest BCUT2D eigenvalue weighted by Gasteiger charge is 2.31. The van der Waals surface area contributed by atoms with Crippen molar-refractivity contribution in [1.82, 2.24) is 0 Å². The summed E-state index contributed by atoms with van der Waals surface area (Å²) in [7, 11) is 1.95. The van der Waals surface area contributed by atoms with Gasteiger partial charge in [0.05, 0.1) is 5.69 Å². The lowest BCUT2D eigenvalue weighted by atomic mass is 9.98. The SMILES string of the molecule is CC(CN)C1Cc2cccc(F)c2N1C. The van der Waals surface area contributed by atoms with E-state index in [2.05, 4.69) is 6.92 Å². The average molecular weight is 208 g/mol. The van der Waals surface area contributed by atoms with Crippen molar-refractivity contribution < 1.29 is 4.39 Å². The second-order valence-corrected chi connectivity index (χ2v) is 4.34. The minimum atomic E-state index is -0.123.